The van der Waals surface area contributed by atoms with Crippen molar-refractivity contribution in [2.75, 3.05) is 19.6 Å². The third-order valence-electron chi connectivity index (χ3n) is 4.88. The highest BCUT2D eigenvalue weighted by Gasteiger charge is 2.25. The van der Waals surface area contributed by atoms with E-state index in [1.54, 1.807) is 18.4 Å². The van der Waals surface area contributed by atoms with Crippen molar-refractivity contribution in [3.63, 3.8) is 0 Å². The molecule has 6 heteroatoms. The number of nitrogens with zero attached hydrogens (tertiary/aromatic N) is 1. The summed E-state index contributed by atoms with van der Waals surface area (Å²) < 4.78 is 19.2. The molecule has 0 saturated carbocycles. The van der Waals surface area contributed by atoms with Crippen LogP contribution in [0.25, 0.3) is 0 Å². The van der Waals surface area contributed by atoms with E-state index in [1.165, 1.54) is 6.07 Å². The van der Waals surface area contributed by atoms with Crippen LogP contribution >= 0.6 is 11.6 Å². The normalized spacial score (nSPS) is 15.9. The maximum absolute atomic E-state index is 13.9. The number of nitrogens with one attached hydrogen (secondary N) is 1. The van der Waals surface area contributed by atoms with Gasteiger partial charge in [0.1, 0.15) is 11.6 Å². The highest BCUT2D eigenvalue weighted by atomic mass is 35.5. The van der Waals surface area contributed by atoms with Gasteiger partial charge in [0.2, 0.25) is 5.91 Å². The van der Waals surface area contributed by atoms with Crippen LogP contribution in [-0.2, 0) is 17.8 Å². The average Bonchev–Trinajstić information content (AvgIpc) is 3.16. The fourth-order valence-corrected chi connectivity index (χ4v) is 3.56. The SMILES string of the molecule is O=C(NCCCc1ccco1)C1CCN(Cc2c(F)cccc2Cl)CC1. The first-order chi connectivity index (χ1) is 12.6. The van der Waals surface area contributed by atoms with Gasteiger partial charge in [-0.1, -0.05) is 17.7 Å². The molecule has 0 atom stereocenters. The number of carbonyl (C=O) groups excluding carboxylic acids is 1. The summed E-state index contributed by atoms with van der Waals surface area (Å²) in [7, 11) is 0. The van der Waals surface area contributed by atoms with E-state index in [-0.39, 0.29) is 17.6 Å². The smallest absolute Gasteiger partial charge is 0.223 e. The van der Waals surface area contributed by atoms with E-state index in [1.807, 2.05) is 12.1 Å². The van der Waals surface area contributed by atoms with Gasteiger partial charge in [-0.25, -0.2) is 4.39 Å². The maximum Gasteiger partial charge on any atom is 0.223 e. The molecule has 2 aromatic rings. The number of benzene rings is 1. The van der Waals surface area contributed by atoms with Crippen molar-refractivity contribution >= 4 is 17.5 Å². The van der Waals surface area contributed by atoms with Crippen molar-refractivity contribution < 1.29 is 13.6 Å². The van der Waals surface area contributed by atoms with E-state index in [0.29, 0.717) is 23.7 Å². The lowest BCUT2D eigenvalue weighted by atomic mass is 9.95. The van der Waals surface area contributed by atoms with Gasteiger partial charge >= 0.3 is 0 Å². The summed E-state index contributed by atoms with van der Waals surface area (Å²) in [5, 5.41) is 3.48. The molecule has 3 rings (SSSR count). The monoisotopic (exact) mass is 378 g/mol. The van der Waals surface area contributed by atoms with E-state index in [0.717, 1.165) is 44.5 Å². The molecule has 0 unspecified atom stereocenters. The number of amides is 1. The van der Waals surface area contributed by atoms with Crippen molar-refractivity contribution in [1.82, 2.24) is 10.2 Å². The highest BCUT2D eigenvalue weighted by molar-refractivity contribution is 6.31. The van der Waals surface area contributed by atoms with Gasteiger partial charge in [-0.3, -0.25) is 9.69 Å². The number of furan rings is 1. The minimum absolute atomic E-state index is 0.0333. The molecule has 1 N–H and O–H groups in total. The number of hydrogen-bond acceptors (Lipinski definition) is 3. The van der Waals surface area contributed by atoms with E-state index < -0.39 is 0 Å². The molecule has 1 aromatic carbocycles. The Bertz CT molecular complexity index is 692. The molecule has 2 heterocycles. The summed E-state index contributed by atoms with van der Waals surface area (Å²) in [4.78, 5) is 14.5. The lowest BCUT2D eigenvalue weighted by molar-refractivity contribution is -0.126. The van der Waals surface area contributed by atoms with Crippen LogP contribution < -0.4 is 5.32 Å². The van der Waals surface area contributed by atoms with Crippen molar-refractivity contribution in [2.45, 2.75) is 32.2 Å². The van der Waals surface area contributed by atoms with Crippen LogP contribution in [0.15, 0.2) is 41.0 Å². The Labute approximate surface area is 158 Å². The predicted molar refractivity (Wildman–Crippen MR) is 99.4 cm³/mol. The third kappa shape index (κ3) is 5.08. The topological polar surface area (TPSA) is 45.5 Å². The second-order valence-electron chi connectivity index (χ2n) is 6.72. The van der Waals surface area contributed by atoms with Gasteiger partial charge in [0, 0.05) is 36.0 Å². The molecule has 4 nitrogen and oxygen atoms in total. The molecular formula is C20H24ClFN2O2. The zero-order valence-corrected chi connectivity index (χ0v) is 15.5. The third-order valence-corrected chi connectivity index (χ3v) is 5.24. The molecule has 0 radical (unpaired) electrons. The van der Waals surface area contributed by atoms with Crippen molar-refractivity contribution in [3.05, 3.63) is 58.8 Å². The fourth-order valence-electron chi connectivity index (χ4n) is 3.33. The summed E-state index contributed by atoms with van der Waals surface area (Å²) in [6.07, 6.45) is 4.93. The standard InChI is InChI=1S/C20H24ClFN2O2/c21-18-6-1-7-19(22)17(18)14-24-11-8-15(9-12-24)20(25)23-10-2-4-16-5-3-13-26-16/h1,3,5-7,13,15H,2,4,8-12,14H2,(H,23,25). The number of piperidine rings is 1. The van der Waals surface area contributed by atoms with Crippen LogP contribution in [0.1, 0.15) is 30.6 Å². The molecule has 0 aliphatic carbocycles. The van der Waals surface area contributed by atoms with E-state index in [2.05, 4.69) is 10.2 Å². The molecule has 140 valence electrons. The lowest BCUT2D eigenvalue weighted by Gasteiger charge is -2.31. The summed E-state index contributed by atoms with van der Waals surface area (Å²) in [5.41, 5.74) is 0.537. The number of aryl methyl sites for hydroxylation is 1. The molecule has 1 amide bonds. The molecule has 1 aliphatic rings. The van der Waals surface area contributed by atoms with Gasteiger partial charge in [0.25, 0.3) is 0 Å². The van der Waals surface area contributed by atoms with Crippen LogP contribution in [-0.4, -0.2) is 30.4 Å². The summed E-state index contributed by atoms with van der Waals surface area (Å²) in [6.45, 7) is 2.69. The fraction of sp³-hybridized carbons (Fsp3) is 0.450. The van der Waals surface area contributed by atoms with Crippen LogP contribution in [0.4, 0.5) is 4.39 Å². The Hall–Kier alpha value is -1.85. The minimum Gasteiger partial charge on any atom is -0.469 e. The highest BCUT2D eigenvalue weighted by Crippen LogP contribution is 2.24. The van der Waals surface area contributed by atoms with Gasteiger partial charge in [-0.15, -0.1) is 0 Å². The first-order valence-electron chi connectivity index (χ1n) is 9.09. The van der Waals surface area contributed by atoms with Gasteiger partial charge in [-0.2, -0.15) is 0 Å². The van der Waals surface area contributed by atoms with Crippen molar-refractivity contribution in [1.29, 1.82) is 0 Å². The van der Waals surface area contributed by atoms with E-state index >= 15 is 0 Å². The number of halogens is 2. The van der Waals surface area contributed by atoms with Crippen LogP contribution in [0.5, 0.6) is 0 Å². The Kier molecular flexibility index (Phi) is 6.69. The van der Waals surface area contributed by atoms with Gasteiger partial charge < -0.3 is 9.73 Å². The molecule has 1 saturated heterocycles. The van der Waals surface area contributed by atoms with Crippen molar-refractivity contribution in [2.24, 2.45) is 5.92 Å². The van der Waals surface area contributed by atoms with Crippen LogP contribution in [0.2, 0.25) is 5.02 Å². The second-order valence-corrected chi connectivity index (χ2v) is 7.13. The zero-order chi connectivity index (χ0) is 18.4. The van der Waals surface area contributed by atoms with E-state index in [9.17, 15) is 9.18 Å². The number of hydrogen-bond donors (Lipinski definition) is 1. The summed E-state index contributed by atoms with van der Waals surface area (Å²) >= 11 is 6.10. The molecule has 0 bridgehead atoms. The molecular weight excluding hydrogens is 355 g/mol. The van der Waals surface area contributed by atoms with Gasteiger partial charge in [-0.05, 0) is 56.6 Å². The Balaban J connectivity index is 1.38. The summed E-state index contributed by atoms with van der Waals surface area (Å²) in [5.74, 6) is 0.826. The lowest BCUT2D eigenvalue weighted by Crippen LogP contribution is -2.40. The molecule has 0 spiro atoms. The van der Waals surface area contributed by atoms with Crippen LogP contribution in [0, 0.1) is 11.7 Å². The Morgan fingerprint density at radius 3 is 2.77 bits per heavy atom. The quantitative estimate of drug-likeness (QED) is 0.740. The molecule has 1 aromatic heterocycles. The predicted octanol–water partition coefficient (Wildman–Crippen LogP) is 4.03. The molecule has 1 fully saturated rings. The Morgan fingerprint density at radius 2 is 2.08 bits per heavy atom. The number of rotatable bonds is 7. The van der Waals surface area contributed by atoms with Gasteiger partial charge in [0.05, 0.1) is 6.26 Å². The van der Waals surface area contributed by atoms with Gasteiger partial charge in [0.15, 0.2) is 0 Å². The summed E-state index contributed by atoms with van der Waals surface area (Å²) in [6, 6.07) is 8.58. The van der Waals surface area contributed by atoms with E-state index in [4.69, 9.17) is 16.0 Å². The molecule has 1 aliphatic heterocycles. The Morgan fingerprint density at radius 1 is 1.27 bits per heavy atom. The first-order valence-corrected chi connectivity index (χ1v) is 9.46. The first kappa shape index (κ1) is 18.9. The average molecular weight is 379 g/mol. The number of likely N-dealkylation sites (tertiary alicyclic amines) is 1. The molecule has 26 heavy (non-hydrogen) atoms. The largest absolute Gasteiger partial charge is 0.469 e. The minimum atomic E-state index is -0.270. The zero-order valence-electron chi connectivity index (χ0n) is 14.7. The maximum atomic E-state index is 13.9. The number of carbonyl (C=O) groups is 1. The second kappa shape index (κ2) is 9.19. The van der Waals surface area contributed by atoms with Crippen molar-refractivity contribution in [3.8, 4) is 0 Å². The van der Waals surface area contributed by atoms with Crippen LogP contribution in [0.3, 0.4) is 0 Å².